The third kappa shape index (κ3) is 4.03. The van der Waals surface area contributed by atoms with Crippen molar-refractivity contribution in [1.82, 2.24) is 0 Å². The molecule has 7 heteroatoms. The van der Waals surface area contributed by atoms with E-state index in [1.165, 1.54) is 36.5 Å². The molecule has 0 bridgehead atoms. The molecule has 2 aromatic carbocycles. The number of halogens is 1. The lowest BCUT2D eigenvalue weighted by atomic mass is 10.1. The van der Waals surface area contributed by atoms with Gasteiger partial charge in [-0.25, -0.2) is 0 Å². The lowest BCUT2D eigenvalue weighted by Crippen LogP contribution is -2.02. The van der Waals surface area contributed by atoms with E-state index in [-0.39, 0.29) is 18.0 Å². The number of aliphatic imine (C=N–C) groups is 1. The van der Waals surface area contributed by atoms with Gasteiger partial charge in [0.2, 0.25) is 0 Å². The van der Waals surface area contributed by atoms with Crippen LogP contribution in [0.15, 0.2) is 47.5 Å². The Labute approximate surface area is 131 Å². The molecule has 114 valence electrons. The van der Waals surface area contributed by atoms with Crippen molar-refractivity contribution in [1.29, 1.82) is 0 Å². The van der Waals surface area contributed by atoms with Crippen molar-refractivity contribution in [3.05, 3.63) is 68.7 Å². The molecule has 0 radical (unpaired) electrons. The van der Waals surface area contributed by atoms with Crippen LogP contribution < -0.4 is 0 Å². The van der Waals surface area contributed by atoms with Gasteiger partial charge in [-0.2, -0.15) is 0 Å². The Morgan fingerprint density at radius 3 is 2.59 bits per heavy atom. The summed E-state index contributed by atoms with van der Waals surface area (Å²) in [5.74, 6) is 0.0398. The van der Waals surface area contributed by atoms with Gasteiger partial charge >= 0.3 is 0 Å². The molecule has 0 spiro atoms. The number of aromatic hydroxyl groups is 1. The van der Waals surface area contributed by atoms with E-state index in [0.717, 1.165) is 0 Å². The normalized spacial score (nSPS) is 12.5. The lowest BCUT2D eigenvalue weighted by Gasteiger charge is -2.07. The van der Waals surface area contributed by atoms with Gasteiger partial charge in [0, 0.05) is 28.9 Å². The number of phenolic OH excluding ortho intramolecular Hbond substituents is 1. The van der Waals surface area contributed by atoms with Crippen LogP contribution in [0.3, 0.4) is 0 Å². The van der Waals surface area contributed by atoms with E-state index in [9.17, 15) is 20.3 Å². The molecule has 2 N–H and O–H groups in total. The maximum absolute atomic E-state index is 10.6. The number of phenols is 1. The molecule has 22 heavy (non-hydrogen) atoms. The van der Waals surface area contributed by atoms with Crippen molar-refractivity contribution in [3.8, 4) is 5.75 Å². The Morgan fingerprint density at radius 2 is 1.95 bits per heavy atom. The van der Waals surface area contributed by atoms with Crippen LogP contribution in [0.2, 0.25) is 5.02 Å². The number of aliphatic hydroxyl groups is 1. The lowest BCUT2D eigenvalue weighted by molar-refractivity contribution is -0.384. The van der Waals surface area contributed by atoms with Crippen LogP contribution in [0.4, 0.5) is 5.69 Å². The molecule has 0 aliphatic heterocycles. The number of hydrogen-bond acceptors (Lipinski definition) is 5. The summed E-state index contributed by atoms with van der Waals surface area (Å²) in [5.41, 5.74) is 0.935. The number of non-ortho nitro benzene ring substituents is 1. The Hall–Kier alpha value is -2.44. The van der Waals surface area contributed by atoms with Crippen LogP contribution in [-0.4, -0.2) is 27.9 Å². The third-order valence-corrected chi connectivity index (χ3v) is 3.22. The average Bonchev–Trinajstić information content (AvgIpc) is 2.50. The first kappa shape index (κ1) is 15.9. The highest BCUT2D eigenvalue weighted by molar-refractivity contribution is 6.30. The summed E-state index contributed by atoms with van der Waals surface area (Å²) in [6.45, 7) is 0.0593. The average molecular weight is 321 g/mol. The summed E-state index contributed by atoms with van der Waals surface area (Å²) >= 11 is 5.82. The van der Waals surface area contributed by atoms with E-state index >= 15 is 0 Å². The van der Waals surface area contributed by atoms with Gasteiger partial charge in [-0.05, 0) is 35.9 Å². The summed E-state index contributed by atoms with van der Waals surface area (Å²) in [4.78, 5) is 14.1. The quantitative estimate of drug-likeness (QED) is 0.502. The van der Waals surface area contributed by atoms with Crippen LogP contribution in [0.25, 0.3) is 0 Å². The third-order valence-electron chi connectivity index (χ3n) is 2.99. The van der Waals surface area contributed by atoms with E-state index < -0.39 is 11.0 Å². The topological polar surface area (TPSA) is 96.0 Å². The number of hydrogen-bond donors (Lipinski definition) is 2. The predicted molar refractivity (Wildman–Crippen MR) is 83.6 cm³/mol. The smallest absolute Gasteiger partial charge is 0.269 e. The molecule has 0 aliphatic rings. The molecular weight excluding hydrogens is 308 g/mol. The molecule has 0 saturated heterocycles. The number of nitro benzene ring substituents is 1. The Morgan fingerprint density at radius 1 is 1.27 bits per heavy atom. The number of benzene rings is 2. The molecule has 0 amide bonds. The van der Waals surface area contributed by atoms with Gasteiger partial charge in [0.05, 0.1) is 17.6 Å². The van der Waals surface area contributed by atoms with Crippen molar-refractivity contribution in [2.24, 2.45) is 4.99 Å². The van der Waals surface area contributed by atoms with E-state index in [4.69, 9.17) is 11.6 Å². The highest BCUT2D eigenvalue weighted by Gasteiger charge is 2.09. The van der Waals surface area contributed by atoms with Gasteiger partial charge in [0.15, 0.2) is 0 Å². The first-order valence-corrected chi connectivity index (χ1v) is 6.76. The van der Waals surface area contributed by atoms with E-state index in [1.54, 1.807) is 12.1 Å². The van der Waals surface area contributed by atoms with Crippen molar-refractivity contribution in [2.45, 2.75) is 6.10 Å². The maximum Gasteiger partial charge on any atom is 0.269 e. The second-order valence-electron chi connectivity index (χ2n) is 4.56. The minimum atomic E-state index is -0.890. The molecule has 0 heterocycles. The van der Waals surface area contributed by atoms with Gasteiger partial charge < -0.3 is 10.2 Å². The molecule has 2 rings (SSSR count). The summed E-state index contributed by atoms with van der Waals surface area (Å²) < 4.78 is 0. The zero-order valence-corrected chi connectivity index (χ0v) is 12.1. The van der Waals surface area contributed by atoms with E-state index in [0.29, 0.717) is 16.1 Å². The molecular formula is C15H13ClN2O4. The molecule has 0 aromatic heterocycles. The van der Waals surface area contributed by atoms with Gasteiger partial charge in [-0.3, -0.25) is 15.1 Å². The fourth-order valence-corrected chi connectivity index (χ4v) is 1.98. The summed E-state index contributed by atoms with van der Waals surface area (Å²) in [5, 5.41) is 30.6. The molecule has 0 saturated carbocycles. The molecule has 6 nitrogen and oxygen atoms in total. The molecule has 1 atom stereocenters. The number of nitro groups is 1. The SMILES string of the molecule is O=[N+]([O-])c1ccc([C@@H](O)CN=Cc2cc(Cl)ccc2O)cc1. The van der Waals surface area contributed by atoms with Crippen molar-refractivity contribution < 1.29 is 15.1 Å². The van der Waals surface area contributed by atoms with Crippen LogP contribution in [0.5, 0.6) is 5.75 Å². The second-order valence-corrected chi connectivity index (χ2v) is 5.00. The fourth-order valence-electron chi connectivity index (χ4n) is 1.80. The molecule has 0 aliphatic carbocycles. The largest absolute Gasteiger partial charge is 0.507 e. The van der Waals surface area contributed by atoms with Crippen molar-refractivity contribution in [3.63, 3.8) is 0 Å². The minimum absolute atomic E-state index is 0.0386. The van der Waals surface area contributed by atoms with Crippen molar-refractivity contribution >= 4 is 23.5 Å². The van der Waals surface area contributed by atoms with Crippen LogP contribution >= 0.6 is 11.6 Å². The first-order valence-electron chi connectivity index (χ1n) is 6.38. The Bertz CT molecular complexity index is 701. The van der Waals surface area contributed by atoms with Crippen molar-refractivity contribution in [2.75, 3.05) is 6.54 Å². The highest BCUT2D eigenvalue weighted by Crippen LogP contribution is 2.21. The number of nitrogens with zero attached hydrogens (tertiary/aromatic N) is 2. The second kappa shape index (κ2) is 7.02. The minimum Gasteiger partial charge on any atom is -0.507 e. The van der Waals surface area contributed by atoms with Crippen LogP contribution in [-0.2, 0) is 0 Å². The predicted octanol–water partition coefficient (Wildman–Crippen LogP) is 3.11. The molecule has 2 aromatic rings. The van der Waals surface area contributed by atoms with E-state index in [1.807, 2.05) is 0 Å². The summed E-state index contributed by atoms with van der Waals surface area (Å²) in [6, 6.07) is 10.2. The zero-order chi connectivity index (χ0) is 16.1. The molecule has 0 fully saturated rings. The van der Waals surface area contributed by atoms with Gasteiger partial charge in [-0.15, -0.1) is 0 Å². The van der Waals surface area contributed by atoms with Gasteiger partial charge in [-0.1, -0.05) is 11.6 Å². The standard InChI is InChI=1S/C15H13ClN2O4/c16-12-3-6-14(19)11(7-12)8-17-9-15(20)10-1-4-13(5-2-10)18(21)22/h1-8,15,19-20H,9H2/t15-/m0/s1. The molecule has 0 unspecified atom stereocenters. The fraction of sp³-hybridized carbons (Fsp3) is 0.133. The highest BCUT2D eigenvalue weighted by atomic mass is 35.5. The van der Waals surface area contributed by atoms with Crippen LogP contribution in [0.1, 0.15) is 17.2 Å². The summed E-state index contributed by atoms with van der Waals surface area (Å²) in [7, 11) is 0. The summed E-state index contributed by atoms with van der Waals surface area (Å²) in [6.07, 6.45) is 0.522. The van der Waals surface area contributed by atoms with Gasteiger partial charge in [0.25, 0.3) is 5.69 Å². The number of rotatable bonds is 5. The first-order chi connectivity index (χ1) is 10.5. The number of aliphatic hydroxyl groups excluding tert-OH is 1. The maximum atomic E-state index is 10.6. The Balaban J connectivity index is 2.02. The Kier molecular flexibility index (Phi) is 5.08. The zero-order valence-electron chi connectivity index (χ0n) is 11.4. The van der Waals surface area contributed by atoms with Gasteiger partial charge in [0.1, 0.15) is 5.75 Å². The van der Waals surface area contributed by atoms with Crippen LogP contribution in [0, 0.1) is 10.1 Å². The monoisotopic (exact) mass is 320 g/mol. The van der Waals surface area contributed by atoms with E-state index in [2.05, 4.69) is 4.99 Å².